The van der Waals surface area contributed by atoms with Gasteiger partial charge in [0.15, 0.2) is 23.1 Å². The number of ether oxygens (including phenoxy) is 3. The van der Waals surface area contributed by atoms with Crippen molar-refractivity contribution in [2.75, 3.05) is 19.8 Å². The number of hydrogen-bond acceptors (Lipinski definition) is 4. The van der Waals surface area contributed by atoms with E-state index < -0.39 is 11.9 Å². The minimum atomic E-state index is -0.716. The third-order valence-corrected chi connectivity index (χ3v) is 3.41. The first-order valence-corrected chi connectivity index (χ1v) is 7.73. The Morgan fingerprint density at radius 3 is 2.76 bits per heavy atom. The maximum absolute atomic E-state index is 13.3. The number of rotatable bonds is 4. The summed E-state index contributed by atoms with van der Waals surface area (Å²) in [7, 11) is 0. The molecule has 1 atom stereocenters. The summed E-state index contributed by atoms with van der Waals surface area (Å²) in [6.45, 7) is 0.320. The SMILES string of the molecule is O=C(NCC#CCOc1ccccc1F)C1COc2ccccc2O1. The average molecular weight is 341 g/mol. The van der Waals surface area contributed by atoms with Gasteiger partial charge in [0.2, 0.25) is 6.10 Å². The van der Waals surface area contributed by atoms with Crippen molar-refractivity contribution >= 4 is 5.91 Å². The second kappa shape index (κ2) is 8.06. The van der Waals surface area contributed by atoms with Gasteiger partial charge in [-0.1, -0.05) is 36.1 Å². The summed E-state index contributed by atoms with van der Waals surface area (Å²) in [5.41, 5.74) is 0. The molecule has 0 saturated heterocycles. The molecule has 25 heavy (non-hydrogen) atoms. The van der Waals surface area contributed by atoms with Crippen molar-refractivity contribution in [3.8, 4) is 29.1 Å². The number of hydrogen-bond donors (Lipinski definition) is 1. The second-order valence-electron chi connectivity index (χ2n) is 5.15. The molecule has 0 bridgehead atoms. The zero-order valence-electron chi connectivity index (χ0n) is 13.3. The molecule has 0 fully saturated rings. The standard InChI is InChI=1S/C19H16FNO4/c20-14-7-1-2-8-15(14)23-12-6-5-11-21-19(22)18-13-24-16-9-3-4-10-17(16)25-18/h1-4,7-10,18H,11-13H2,(H,21,22). The molecule has 0 spiro atoms. The van der Waals surface area contributed by atoms with Gasteiger partial charge in [-0.25, -0.2) is 4.39 Å². The van der Waals surface area contributed by atoms with E-state index in [1.165, 1.54) is 12.1 Å². The molecule has 128 valence electrons. The number of fused-ring (bicyclic) bond motifs is 1. The quantitative estimate of drug-likeness (QED) is 0.866. The predicted octanol–water partition coefficient (Wildman–Crippen LogP) is 2.16. The average Bonchev–Trinajstić information content (AvgIpc) is 2.65. The Bertz CT molecular complexity index is 812. The van der Waals surface area contributed by atoms with E-state index in [4.69, 9.17) is 14.2 Å². The maximum atomic E-state index is 13.3. The van der Waals surface area contributed by atoms with Gasteiger partial charge >= 0.3 is 0 Å². The number of carbonyl (C=O) groups is 1. The van der Waals surface area contributed by atoms with Crippen molar-refractivity contribution < 1.29 is 23.4 Å². The van der Waals surface area contributed by atoms with Gasteiger partial charge in [0, 0.05) is 0 Å². The fraction of sp³-hybridized carbons (Fsp3) is 0.211. The van der Waals surface area contributed by atoms with Gasteiger partial charge in [-0.05, 0) is 24.3 Å². The molecule has 5 nitrogen and oxygen atoms in total. The van der Waals surface area contributed by atoms with Crippen LogP contribution in [0.4, 0.5) is 4.39 Å². The summed E-state index contributed by atoms with van der Waals surface area (Å²) < 4.78 is 29.6. The molecule has 0 saturated carbocycles. The summed E-state index contributed by atoms with van der Waals surface area (Å²) in [6, 6.07) is 13.3. The Kier molecular flexibility index (Phi) is 5.37. The largest absolute Gasteiger partial charge is 0.485 e. The van der Waals surface area contributed by atoms with Crippen LogP contribution < -0.4 is 19.5 Å². The highest BCUT2D eigenvalue weighted by Crippen LogP contribution is 2.30. The fourth-order valence-electron chi connectivity index (χ4n) is 2.18. The van der Waals surface area contributed by atoms with E-state index in [2.05, 4.69) is 17.2 Å². The van der Waals surface area contributed by atoms with E-state index in [0.29, 0.717) is 11.5 Å². The molecular formula is C19H16FNO4. The number of para-hydroxylation sites is 3. The van der Waals surface area contributed by atoms with E-state index in [9.17, 15) is 9.18 Å². The molecule has 1 aliphatic rings. The zero-order valence-corrected chi connectivity index (χ0v) is 13.3. The third-order valence-electron chi connectivity index (χ3n) is 3.41. The van der Waals surface area contributed by atoms with E-state index in [-0.39, 0.29) is 31.4 Å². The lowest BCUT2D eigenvalue weighted by molar-refractivity contribution is -0.130. The van der Waals surface area contributed by atoms with Crippen molar-refractivity contribution in [2.45, 2.75) is 6.10 Å². The van der Waals surface area contributed by atoms with Crippen molar-refractivity contribution in [3.63, 3.8) is 0 Å². The molecule has 1 amide bonds. The number of carbonyl (C=O) groups excluding carboxylic acids is 1. The highest BCUT2D eigenvalue weighted by atomic mass is 19.1. The maximum Gasteiger partial charge on any atom is 0.265 e. The Morgan fingerprint density at radius 1 is 1.16 bits per heavy atom. The zero-order chi connectivity index (χ0) is 17.5. The van der Waals surface area contributed by atoms with Crippen molar-refractivity contribution in [1.29, 1.82) is 0 Å². The van der Waals surface area contributed by atoms with Gasteiger partial charge in [0.1, 0.15) is 13.2 Å². The van der Waals surface area contributed by atoms with Gasteiger partial charge in [0.25, 0.3) is 5.91 Å². The number of halogens is 1. The number of benzene rings is 2. The first kappa shape index (κ1) is 16.7. The summed E-state index contributed by atoms with van der Waals surface area (Å²) in [4.78, 5) is 12.0. The van der Waals surface area contributed by atoms with Crippen LogP contribution >= 0.6 is 0 Å². The van der Waals surface area contributed by atoms with Gasteiger partial charge in [-0.3, -0.25) is 4.79 Å². The monoisotopic (exact) mass is 341 g/mol. The molecule has 0 aliphatic carbocycles. The van der Waals surface area contributed by atoms with Crippen molar-refractivity contribution in [2.24, 2.45) is 0 Å². The van der Waals surface area contributed by atoms with Crippen LogP contribution in [0.3, 0.4) is 0 Å². The smallest absolute Gasteiger partial charge is 0.265 e. The lowest BCUT2D eigenvalue weighted by atomic mass is 10.2. The van der Waals surface area contributed by atoms with Crippen molar-refractivity contribution in [1.82, 2.24) is 5.32 Å². The molecule has 1 unspecified atom stereocenters. The van der Waals surface area contributed by atoms with Gasteiger partial charge < -0.3 is 19.5 Å². The van der Waals surface area contributed by atoms with Crippen LogP contribution in [0.1, 0.15) is 0 Å². The van der Waals surface area contributed by atoms with Gasteiger partial charge in [-0.15, -0.1) is 0 Å². The normalized spacial score (nSPS) is 14.8. The molecule has 2 aromatic carbocycles. The summed E-state index contributed by atoms with van der Waals surface area (Å²) >= 11 is 0. The van der Waals surface area contributed by atoms with Crippen LogP contribution in [0.25, 0.3) is 0 Å². The van der Waals surface area contributed by atoms with E-state index in [0.717, 1.165) is 0 Å². The lowest BCUT2D eigenvalue weighted by Crippen LogP contribution is -2.44. The van der Waals surface area contributed by atoms with Gasteiger partial charge in [-0.2, -0.15) is 0 Å². The van der Waals surface area contributed by atoms with Crippen LogP contribution in [-0.2, 0) is 4.79 Å². The van der Waals surface area contributed by atoms with Crippen molar-refractivity contribution in [3.05, 3.63) is 54.3 Å². The van der Waals surface area contributed by atoms with E-state index in [1.54, 1.807) is 24.3 Å². The molecule has 1 aliphatic heterocycles. The van der Waals surface area contributed by atoms with Crippen LogP contribution in [0.2, 0.25) is 0 Å². The summed E-state index contributed by atoms with van der Waals surface area (Å²) in [6.07, 6.45) is -0.716. The second-order valence-corrected chi connectivity index (χ2v) is 5.15. The highest BCUT2D eigenvalue weighted by molar-refractivity contribution is 5.82. The Balaban J connectivity index is 1.41. The minimum absolute atomic E-state index is 0.0349. The lowest BCUT2D eigenvalue weighted by Gasteiger charge is -2.25. The molecule has 6 heteroatoms. The van der Waals surface area contributed by atoms with Crippen LogP contribution in [0, 0.1) is 17.7 Å². The Morgan fingerprint density at radius 2 is 1.92 bits per heavy atom. The van der Waals surface area contributed by atoms with E-state index >= 15 is 0 Å². The fourth-order valence-corrected chi connectivity index (χ4v) is 2.18. The Labute approximate surface area is 144 Å². The number of nitrogens with one attached hydrogen (secondary N) is 1. The first-order chi connectivity index (χ1) is 12.2. The molecule has 1 N–H and O–H groups in total. The van der Waals surface area contributed by atoms with Gasteiger partial charge in [0.05, 0.1) is 6.54 Å². The summed E-state index contributed by atoms with van der Waals surface area (Å²) in [5, 5.41) is 2.65. The highest BCUT2D eigenvalue weighted by Gasteiger charge is 2.26. The molecule has 0 radical (unpaired) electrons. The first-order valence-electron chi connectivity index (χ1n) is 7.73. The summed E-state index contributed by atoms with van der Waals surface area (Å²) in [5.74, 6) is 6.01. The van der Waals surface area contributed by atoms with Crippen LogP contribution in [0.5, 0.6) is 17.2 Å². The topological polar surface area (TPSA) is 56.8 Å². The molecule has 2 aromatic rings. The molecule has 0 aromatic heterocycles. The predicted molar refractivity (Wildman–Crippen MR) is 89.0 cm³/mol. The van der Waals surface area contributed by atoms with Crippen LogP contribution in [-0.4, -0.2) is 31.8 Å². The van der Waals surface area contributed by atoms with E-state index in [1.807, 2.05) is 12.1 Å². The Hall–Kier alpha value is -3.20. The molecule has 3 rings (SSSR count). The third kappa shape index (κ3) is 4.42. The minimum Gasteiger partial charge on any atom is -0.485 e. The van der Waals surface area contributed by atoms with Crippen LogP contribution in [0.15, 0.2) is 48.5 Å². The molecule has 1 heterocycles. The molecular weight excluding hydrogens is 325 g/mol. The number of amides is 1.